The normalized spacial score (nSPS) is 15.6. The van der Waals surface area contributed by atoms with Gasteiger partial charge in [-0.3, -0.25) is 4.79 Å². The summed E-state index contributed by atoms with van der Waals surface area (Å²) >= 11 is 1.41. The molecule has 1 amide bonds. The van der Waals surface area contributed by atoms with Crippen LogP contribution in [0.2, 0.25) is 0 Å². The molecule has 1 aromatic heterocycles. The first-order chi connectivity index (χ1) is 12.7. The van der Waals surface area contributed by atoms with E-state index in [0.717, 1.165) is 23.6 Å². The lowest BCUT2D eigenvalue weighted by molar-refractivity contribution is 0.0486. The van der Waals surface area contributed by atoms with Crippen molar-refractivity contribution < 1.29 is 14.3 Å². The van der Waals surface area contributed by atoms with E-state index in [1.807, 2.05) is 19.1 Å². The predicted molar refractivity (Wildman–Crippen MR) is 109 cm³/mol. The number of amides is 1. The number of hydrogen-bond donors (Lipinski definition) is 2. The van der Waals surface area contributed by atoms with E-state index in [2.05, 4.69) is 22.4 Å². The van der Waals surface area contributed by atoms with E-state index in [4.69, 9.17) is 15.2 Å². The van der Waals surface area contributed by atoms with Gasteiger partial charge in [0.2, 0.25) is 0 Å². The van der Waals surface area contributed by atoms with E-state index in [0.29, 0.717) is 38.6 Å². The van der Waals surface area contributed by atoms with Crippen LogP contribution in [0, 0.1) is 0 Å². The van der Waals surface area contributed by atoms with E-state index >= 15 is 0 Å². The summed E-state index contributed by atoms with van der Waals surface area (Å²) in [7, 11) is 0. The summed E-state index contributed by atoms with van der Waals surface area (Å²) in [6.07, 6.45) is 1.73. The monoisotopic (exact) mass is 411 g/mol. The van der Waals surface area contributed by atoms with Crippen LogP contribution in [0.15, 0.2) is 29.6 Å². The third-order valence-electron chi connectivity index (χ3n) is 4.77. The van der Waals surface area contributed by atoms with E-state index in [-0.39, 0.29) is 23.7 Å². The first-order valence-corrected chi connectivity index (χ1v) is 9.78. The van der Waals surface area contributed by atoms with Crippen molar-refractivity contribution >= 4 is 29.7 Å². The van der Waals surface area contributed by atoms with Gasteiger partial charge >= 0.3 is 0 Å². The molecule has 0 unspecified atom stereocenters. The molecule has 0 radical (unpaired) electrons. The van der Waals surface area contributed by atoms with Gasteiger partial charge in [-0.2, -0.15) is 0 Å². The number of carbonyl (C=O) groups is 1. The predicted octanol–water partition coefficient (Wildman–Crippen LogP) is 2.90. The van der Waals surface area contributed by atoms with Crippen LogP contribution < -0.4 is 15.8 Å². The maximum Gasteiger partial charge on any atom is 0.270 e. The Bertz CT molecular complexity index is 730. The Labute approximate surface area is 169 Å². The Hall–Kier alpha value is -1.67. The van der Waals surface area contributed by atoms with Crippen molar-refractivity contribution in [1.29, 1.82) is 0 Å². The van der Waals surface area contributed by atoms with Crippen molar-refractivity contribution in [1.82, 2.24) is 10.3 Å². The number of benzene rings is 1. The summed E-state index contributed by atoms with van der Waals surface area (Å²) in [5, 5.41) is 5.58. The molecule has 0 saturated carbocycles. The number of rotatable bonds is 7. The lowest BCUT2D eigenvalue weighted by Gasteiger charge is -2.38. The number of nitrogens with one attached hydrogen (secondary N) is 1. The molecular formula is C19H26ClN3O3S. The first kappa shape index (κ1) is 21.6. The number of nitrogens with zero attached hydrogens (tertiary/aromatic N) is 1. The largest absolute Gasteiger partial charge is 0.494 e. The highest BCUT2D eigenvalue weighted by molar-refractivity contribution is 7.09. The third-order valence-corrected chi connectivity index (χ3v) is 5.65. The van der Waals surface area contributed by atoms with Gasteiger partial charge in [0.05, 0.1) is 6.61 Å². The highest BCUT2D eigenvalue weighted by Gasteiger charge is 2.35. The molecule has 2 heterocycles. The lowest BCUT2D eigenvalue weighted by atomic mass is 9.74. The van der Waals surface area contributed by atoms with E-state index in [1.54, 1.807) is 5.38 Å². The zero-order valence-electron chi connectivity index (χ0n) is 15.4. The third kappa shape index (κ3) is 5.19. The molecule has 8 heteroatoms. The van der Waals surface area contributed by atoms with Gasteiger partial charge in [0.1, 0.15) is 16.5 Å². The van der Waals surface area contributed by atoms with Crippen molar-refractivity contribution in [2.45, 2.75) is 31.7 Å². The molecule has 1 aromatic carbocycles. The molecule has 1 aliphatic rings. The smallest absolute Gasteiger partial charge is 0.270 e. The summed E-state index contributed by atoms with van der Waals surface area (Å²) < 4.78 is 11.1. The van der Waals surface area contributed by atoms with Crippen molar-refractivity contribution in [3.05, 3.63) is 45.9 Å². The standard InChI is InChI=1S/C19H25N3O3S.ClH/c1-2-25-15-5-3-14(4-6-15)19(7-9-24-10-8-19)13-21-18(23)16-12-26-17(11-20)22-16;/h3-6,12H,2,7-11,13,20H2,1H3,(H,21,23);1H. The van der Waals surface area contributed by atoms with Crippen LogP contribution in [-0.2, 0) is 16.7 Å². The highest BCUT2D eigenvalue weighted by atomic mass is 35.5. The van der Waals surface area contributed by atoms with Crippen LogP contribution in [0.1, 0.15) is 40.8 Å². The topological polar surface area (TPSA) is 86.5 Å². The molecule has 27 heavy (non-hydrogen) atoms. The maximum absolute atomic E-state index is 12.5. The maximum atomic E-state index is 12.5. The molecule has 0 spiro atoms. The molecule has 3 N–H and O–H groups in total. The summed E-state index contributed by atoms with van der Waals surface area (Å²) in [4.78, 5) is 16.7. The lowest BCUT2D eigenvalue weighted by Crippen LogP contribution is -2.44. The van der Waals surface area contributed by atoms with Crippen molar-refractivity contribution in [3.8, 4) is 5.75 Å². The van der Waals surface area contributed by atoms with Gasteiger partial charge in [0, 0.05) is 37.1 Å². The number of carbonyl (C=O) groups excluding carboxylic acids is 1. The average molecular weight is 412 g/mol. The number of hydrogen-bond acceptors (Lipinski definition) is 6. The summed E-state index contributed by atoms with van der Waals surface area (Å²) in [5.41, 5.74) is 7.08. The molecule has 3 rings (SSSR count). The van der Waals surface area contributed by atoms with Crippen molar-refractivity contribution in [2.75, 3.05) is 26.4 Å². The molecule has 0 bridgehead atoms. The quantitative estimate of drug-likeness (QED) is 0.731. The fourth-order valence-corrected chi connectivity index (χ4v) is 3.90. The molecular weight excluding hydrogens is 386 g/mol. The van der Waals surface area contributed by atoms with Gasteiger partial charge < -0.3 is 20.5 Å². The minimum absolute atomic E-state index is 0. The first-order valence-electron chi connectivity index (χ1n) is 8.90. The Morgan fingerprint density at radius 2 is 2.04 bits per heavy atom. The van der Waals surface area contributed by atoms with Gasteiger partial charge in [-0.25, -0.2) is 4.98 Å². The van der Waals surface area contributed by atoms with Gasteiger partial charge in [-0.15, -0.1) is 23.7 Å². The zero-order chi connectivity index (χ0) is 18.4. The second kappa shape index (κ2) is 10.0. The van der Waals surface area contributed by atoms with Crippen LogP contribution in [0.4, 0.5) is 0 Å². The Balaban J connectivity index is 0.00000261. The second-order valence-electron chi connectivity index (χ2n) is 6.36. The molecule has 1 aliphatic heterocycles. The number of aromatic nitrogens is 1. The van der Waals surface area contributed by atoms with Gasteiger partial charge in [0.25, 0.3) is 5.91 Å². The number of thiazole rings is 1. The summed E-state index contributed by atoms with van der Waals surface area (Å²) in [5.74, 6) is 0.706. The Morgan fingerprint density at radius 1 is 1.33 bits per heavy atom. The Kier molecular flexibility index (Phi) is 8.04. The second-order valence-corrected chi connectivity index (χ2v) is 7.31. The molecule has 1 fully saturated rings. The van der Waals surface area contributed by atoms with Crippen molar-refractivity contribution in [3.63, 3.8) is 0 Å². The van der Waals surface area contributed by atoms with Gasteiger partial charge in [-0.05, 0) is 37.5 Å². The van der Waals surface area contributed by atoms with E-state index < -0.39 is 0 Å². The fraction of sp³-hybridized carbons (Fsp3) is 0.474. The number of ether oxygens (including phenoxy) is 2. The molecule has 0 aliphatic carbocycles. The molecule has 148 valence electrons. The van der Waals surface area contributed by atoms with Crippen LogP contribution in [0.25, 0.3) is 0 Å². The minimum atomic E-state index is -0.155. The molecule has 1 saturated heterocycles. The summed E-state index contributed by atoms with van der Waals surface area (Å²) in [6, 6.07) is 8.17. The highest BCUT2D eigenvalue weighted by Crippen LogP contribution is 2.35. The van der Waals surface area contributed by atoms with Gasteiger partial charge in [0.15, 0.2) is 0 Å². The van der Waals surface area contributed by atoms with Crippen LogP contribution in [0.5, 0.6) is 5.75 Å². The van der Waals surface area contributed by atoms with E-state index in [1.165, 1.54) is 16.9 Å². The van der Waals surface area contributed by atoms with Crippen LogP contribution in [0.3, 0.4) is 0 Å². The van der Waals surface area contributed by atoms with Gasteiger partial charge in [-0.1, -0.05) is 12.1 Å². The molecule has 2 aromatic rings. The van der Waals surface area contributed by atoms with E-state index in [9.17, 15) is 4.79 Å². The number of halogens is 1. The average Bonchev–Trinajstić information content (AvgIpc) is 3.17. The van der Waals surface area contributed by atoms with Crippen LogP contribution >= 0.6 is 23.7 Å². The molecule has 0 atom stereocenters. The zero-order valence-corrected chi connectivity index (χ0v) is 17.0. The van der Waals surface area contributed by atoms with Crippen molar-refractivity contribution in [2.24, 2.45) is 5.73 Å². The minimum Gasteiger partial charge on any atom is -0.494 e. The summed E-state index contributed by atoms with van der Waals surface area (Å²) in [6.45, 7) is 4.91. The Morgan fingerprint density at radius 3 is 2.63 bits per heavy atom. The number of nitrogens with two attached hydrogens (primary N) is 1. The SMILES string of the molecule is CCOc1ccc(C2(CNC(=O)c3csc(CN)n3)CCOCC2)cc1.Cl. The van der Waals surface area contributed by atoms with Crippen LogP contribution in [-0.4, -0.2) is 37.3 Å². The molecule has 6 nitrogen and oxygen atoms in total. The fourth-order valence-electron chi connectivity index (χ4n) is 3.25.